The van der Waals surface area contributed by atoms with Gasteiger partial charge in [-0.15, -0.1) is 5.10 Å². The molecular formula is C19H18FN3OS. The first-order valence-corrected chi connectivity index (χ1v) is 8.81. The zero-order valence-corrected chi connectivity index (χ0v) is 14.8. The molecule has 0 aromatic heterocycles. The zero-order valence-electron chi connectivity index (χ0n) is 14.0. The van der Waals surface area contributed by atoms with Crippen molar-refractivity contribution in [1.29, 1.82) is 0 Å². The van der Waals surface area contributed by atoms with Crippen molar-refractivity contribution in [3.63, 3.8) is 0 Å². The fourth-order valence-electron chi connectivity index (χ4n) is 2.38. The molecular weight excluding hydrogens is 337 g/mol. The van der Waals surface area contributed by atoms with Crippen LogP contribution in [0.15, 0.2) is 58.7 Å². The molecule has 1 saturated heterocycles. The summed E-state index contributed by atoms with van der Waals surface area (Å²) < 4.78 is 13.0. The van der Waals surface area contributed by atoms with Gasteiger partial charge < -0.3 is 0 Å². The van der Waals surface area contributed by atoms with Gasteiger partial charge in [0.1, 0.15) is 5.82 Å². The summed E-state index contributed by atoms with van der Waals surface area (Å²) in [6.07, 6.45) is 1.66. The molecule has 0 radical (unpaired) electrons. The van der Waals surface area contributed by atoms with Crippen LogP contribution < -0.4 is 0 Å². The predicted octanol–water partition coefficient (Wildman–Crippen LogP) is 3.99. The molecule has 3 rings (SSSR count). The summed E-state index contributed by atoms with van der Waals surface area (Å²) in [7, 11) is 0. The normalized spacial score (nSPS) is 19.3. The number of nitrogens with zero attached hydrogens (tertiary/aromatic N) is 3. The van der Waals surface area contributed by atoms with Crippen LogP contribution in [-0.4, -0.2) is 27.4 Å². The van der Waals surface area contributed by atoms with Crippen LogP contribution in [0.25, 0.3) is 0 Å². The summed E-state index contributed by atoms with van der Waals surface area (Å²) in [5.74, 6) is -0.311. The van der Waals surface area contributed by atoms with Crippen LogP contribution in [-0.2, 0) is 11.3 Å². The van der Waals surface area contributed by atoms with Crippen LogP contribution in [0.4, 0.5) is 4.39 Å². The summed E-state index contributed by atoms with van der Waals surface area (Å²) in [6, 6.07) is 14.1. The van der Waals surface area contributed by atoms with Crippen LogP contribution in [0.2, 0.25) is 0 Å². The third kappa shape index (κ3) is 4.33. The molecule has 6 heteroatoms. The van der Waals surface area contributed by atoms with Crippen LogP contribution in [0.3, 0.4) is 0 Å². The van der Waals surface area contributed by atoms with E-state index in [1.54, 1.807) is 23.2 Å². The number of halogens is 1. The van der Waals surface area contributed by atoms with E-state index in [1.165, 1.54) is 29.5 Å². The average Bonchev–Trinajstić information content (AvgIpc) is 2.86. The van der Waals surface area contributed by atoms with Gasteiger partial charge in [-0.05, 0) is 37.1 Å². The van der Waals surface area contributed by atoms with E-state index in [2.05, 4.69) is 10.2 Å². The number of amides is 1. The number of carbonyl (C=O) groups excluding carboxylic acids is 1. The highest BCUT2D eigenvalue weighted by molar-refractivity contribution is 8.15. The highest BCUT2D eigenvalue weighted by Gasteiger charge is 2.35. The maximum atomic E-state index is 13.0. The summed E-state index contributed by atoms with van der Waals surface area (Å²) in [4.78, 5) is 13.9. The Bertz CT molecular complexity index is 816. The number of amidine groups is 1. The monoisotopic (exact) mass is 355 g/mol. The van der Waals surface area contributed by atoms with Gasteiger partial charge in [0, 0.05) is 0 Å². The molecule has 2 aromatic rings. The molecule has 4 nitrogen and oxygen atoms in total. The van der Waals surface area contributed by atoms with Crippen LogP contribution in [0, 0.1) is 12.7 Å². The molecule has 128 valence electrons. The summed E-state index contributed by atoms with van der Waals surface area (Å²) in [6.45, 7) is 4.23. The SMILES string of the molecule is Cc1ccc(C=NN=C2SC(C)C(=O)N2Cc2ccc(F)cc2)cc1. The molecule has 0 N–H and O–H groups in total. The van der Waals surface area contributed by atoms with E-state index in [-0.39, 0.29) is 17.0 Å². The standard InChI is InChI=1S/C19H18FN3OS/c1-13-3-5-15(6-4-13)11-21-22-19-23(18(24)14(2)25-19)12-16-7-9-17(20)10-8-16/h3-11,14H,12H2,1-2H3. The van der Waals surface area contributed by atoms with Gasteiger partial charge in [-0.2, -0.15) is 5.10 Å². The first-order chi connectivity index (χ1) is 12.0. The Morgan fingerprint density at radius 3 is 2.52 bits per heavy atom. The second-order valence-electron chi connectivity index (χ2n) is 5.85. The van der Waals surface area contributed by atoms with Crippen LogP contribution >= 0.6 is 11.8 Å². The third-order valence-electron chi connectivity index (χ3n) is 3.81. The number of hydrogen-bond donors (Lipinski definition) is 0. The lowest BCUT2D eigenvalue weighted by atomic mass is 10.2. The van der Waals surface area contributed by atoms with Gasteiger partial charge in [0.2, 0.25) is 5.91 Å². The molecule has 1 aliphatic heterocycles. The van der Waals surface area contributed by atoms with E-state index in [9.17, 15) is 9.18 Å². The number of carbonyl (C=O) groups is 1. The Morgan fingerprint density at radius 1 is 1.16 bits per heavy atom. The first kappa shape index (κ1) is 17.4. The van der Waals surface area contributed by atoms with Crippen molar-refractivity contribution in [2.24, 2.45) is 10.2 Å². The van der Waals surface area contributed by atoms with E-state index in [0.717, 1.165) is 11.1 Å². The lowest BCUT2D eigenvalue weighted by Gasteiger charge is -2.15. The fourth-order valence-corrected chi connectivity index (χ4v) is 3.30. The fraction of sp³-hybridized carbons (Fsp3) is 0.211. The maximum absolute atomic E-state index is 13.0. The van der Waals surface area contributed by atoms with E-state index in [4.69, 9.17) is 0 Å². The minimum Gasteiger partial charge on any atom is -0.284 e. The molecule has 0 bridgehead atoms. The summed E-state index contributed by atoms with van der Waals surface area (Å²) >= 11 is 1.38. The lowest BCUT2D eigenvalue weighted by molar-refractivity contribution is -0.126. The minimum atomic E-state index is -0.296. The molecule has 0 aliphatic carbocycles. The van der Waals surface area contributed by atoms with Crippen molar-refractivity contribution >= 4 is 29.1 Å². The van der Waals surface area contributed by atoms with E-state index in [1.807, 2.05) is 38.1 Å². The second kappa shape index (κ2) is 7.61. The Kier molecular flexibility index (Phi) is 5.28. The molecule has 1 fully saturated rings. The van der Waals surface area contributed by atoms with Gasteiger partial charge in [-0.1, -0.05) is 53.7 Å². The van der Waals surface area contributed by atoms with E-state index in [0.29, 0.717) is 11.7 Å². The Morgan fingerprint density at radius 2 is 1.84 bits per heavy atom. The van der Waals surface area contributed by atoms with Crippen molar-refractivity contribution in [3.05, 3.63) is 71.0 Å². The predicted molar refractivity (Wildman–Crippen MR) is 100 cm³/mol. The summed E-state index contributed by atoms with van der Waals surface area (Å²) in [5, 5.41) is 8.69. The topological polar surface area (TPSA) is 45.0 Å². The quantitative estimate of drug-likeness (QED) is 0.615. The molecule has 1 atom stereocenters. The Balaban J connectivity index is 1.76. The van der Waals surface area contributed by atoms with Gasteiger partial charge in [-0.25, -0.2) is 4.39 Å². The van der Waals surface area contributed by atoms with Gasteiger partial charge in [0.15, 0.2) is 5.17 Å². The molecule has 0 spiro atoms. The van der Waals surface area contributed by atoms with Crippen LogP contribution in [0.1, 0.15) is 23.6 Å². The summed E-state index contributed by atoms with van der Waals surface area (Å²) in [5.41, 5.74) is 2.97. The Hall–Kier alpha value is -2.47. The smallest absolute Gasteiger partial charge is 0.242 e. The van der Waals surface area contributed by atoms with Gasteiger partial charge >= 0.3 is 0 Å². The molecule has 1 aliphatic rings. The van der Waals surface area contributed by atoms with Crippen molar-refractivity contribution < 1.29 is 9.18 Å². The Labute approximate surface area is 150 Å². The van der Waals surface area contributed by atoms with Crippen molar-refractivity contribution in [2.45, 2.75) is 25.6 Å². The number of hydrogen-bond acceptors (Lipinski definition) is 4. The number of thioether (sulfide) groups is 1. The number of benzene rings is 2. The molecule has 1 heterocycles. The van der Waals surface area contributed by atoms with Gasteiger partial charge in [0.25, 0.3) is 0 Å². The third-order valence-corrected chi connectivity index (χ3v) is 4.88. The number of rotatable bonds is 4. The minimum absolute atomic E-state index is 0.0152. The second-order valence-corrected chi connectivity index (χ2v) is 7.16. The zero-order chi connectivity index (χ0) is 17.8. The van der Waals surface area contributed by atoms with E-state index >= 15 is 0 Å². The molecule has 2 aromatic carbocycles. The van der Waals surface area contributed by atoms with Crippen molar-refractivity contribution in [1.82, 2.24) is 4.90 Å². The first-order valence-electron chi connectivity index (χ1n) is 7.93. The van der Waals surface area contributed by atoms with Gasteiger partial charge in [-0.3, -0.25) is 9.69 Å². The largest absolute Gasteiger partial charge is 0.284 e. The average molecular weight is 355 g/mol. The highest BCUT2D eigenvalue weighted by Crippen LogP contribution is 2.28. The van der Waals surface area contributed by atoms with Gasteiger partial charge in [0.05, 0.1) is 18.0 Å². The van der Waals surface area contributed by atoms with Crippen molar-refractivity contribution in [3.8, 4) is 0 Å². The molecule has 1 amide bonds. The molecule has 1 unspecified atom stereocenters. The maximum Gasteiger partial charge on any atom is 0.242 e. The van der Waals surface area contributed by atoms with E-state index < -0.39 is 0 Å². The van der Waals surface area contributed by atoms with Crippen molar-refractivity contribution in [2.75, 3.05) is 0 Å². The highest BCUT2D eigenvalue weighted by atomic mass is 32.2. The number of aryl methyl sites for hydroxylation is 1. The van der Waals surface area contributed by atoms with Crippen LogP contribution in [0.5, 0.6) is 0 Å². The molecule has 25 heavy (non-hydrogen) atoms. The molecule has 0 saturated carbocycles. The lowest BCUT2D eigenvalue weighted by Crippen LogP contribution is -2.30.